The molecule has 0 aromatic carbocycles. The fourth-order valence-corrected chi connectivity index (χ4v) is 2.31. The van der Waals surface area contributed by atoms with E-state index >= 15 is 0 Å². The van der Waals surface area contributed by atoms with Crippen LogP contribution in [0.3, 0.4) is 0 Å². The first-order valence-corrected chi connectivity index (χ1v) is 6.58. The zero-order valence-electron chi connectivity index (χ0n) is 11.0. The first-order chi connectivity index (χ1) is 8.61. The summed E-state index contributed by atoms with van der Waals surface area (Å²) in [5, 5.41) is 8.86. The van der Waals surface area contributed by atoms with Crippen LogP contribution in [0.5, 0.6) is 0 Å². The summed E-state index contributed by atoms with van der Waals surface area (Å²) in [7, 11) is 0. The lowest BCUT2D eigenvalue weighted by Gasteiger charge is -2.27. The van der Waals surface area contributed by atoms with Crippen LogP contribution in [0.2, 0.25) is 0 Å². The van der Waals surface area contributed by atoms with Crippen LogP contribution >= 0.6 is 0 Å². The van der Waals surface area contributed by atoms with E-state index in [2.05, 4.69) is 21.4 Å². The largest absolute Gasteiger partial charge is 0.481 e. The highest BCUT2D eigenvalue weighted by atomic mass is 16.4. The van der Waals surface area contributed by atoms with Crippen molar-refractivity contribution < 1.29 is 9.90 Å². The maximum atomic E-state index is 10.8. The van der Waals surface area contributed by atoms with Crippen molar-refractivity contribution in [2.45, 2.75) is 51.7 Å². The van der Waals surface area contributed by atoms with Gasteiger partial charge in [0.25, 0.3) is 0 Å². The Kier molecular flexibility index (Phi) is 4.01. The van der Waals surface area contributed by atoms with Crippen molar-refractivity contribution in [1.82, 2.24) is 14.5 Å². The number of carbonyl (C=O) groups is 1. The van der Waals surface area contributed by atoms with Crippen molar-refractivity contribution in [2.75, 3.05) is 6.54 Å². The minimum Gasteiger partial charge on any atom is -0.481 e. The van der Waals surface area contributed by atoms with Gasteiger partial charge in [-0.2, -0.15) is 0 Å². The van der Waals surface area contributed by atoms with Crippen molar-refractivity contribution in [2.24, 2.45) is 0 Å². The lowest BCUT2D eigenvalue weighted by Crippen LogP contribution is -2.34. The molecule has 100 valence electrons. The van der Waals surface area contributed by atoms with E-state index < -0.39 is 5.97 Å². The summed E-state index contributed by atoms with van der Waals surface area (Å²) in [6, 6.07) is 0.672. The highest BCUT2D eigenvalue weighted by Gasteiger charge is 2.26. The van der Waals surface area contributed by atoms with Gasteiger partial charge in [0.1, 0.15) is 0 Å². The molecule has 1 fully saturated rings. The maximum absolute atomic E-state index is 10.8. The van der Waals surface area contributed by atoms with Crippen LogP contribution in [0.1, 0.15) is 44.8 Å². The molecule has 1 heterocycles. The van der Waals surface area contributed by atoms with E-state index in [9.17, 15) is 4.79 Å². The van der Waals surface area contributed by atoms with Gasteiger partial charge in [-0.15, -0.1) is 0 Å². The SMILES string of the molecule is CCN(Cc1cncn1C1CC1)C(C)CC(=O)O. The third kappa shape index (κ3) is 3.10. The predicted molar refractivity (Wildman–Crippen MR) is 68.3 cm³/mol. The number of imidazole rings is 1. The van der Waals surface area contributed by atoms with E-state index in [0.29, 0.717) is 6.04 Å². The van der Waals surface area contributed by atoms with Gasteiger partial charge in [0.15, 0.2) is 0 Å². The van der Waals surface area contributed by atoms with E-state index in [-0.39, 0.29) is 12.5 Å². The summed E-state index contributed by atoms with van der Waals surface area (Å²) >= 11 is 0. The number of hydrogen-bond donors (Lipinski definition) is 1. The Labute approximate surface area is 107 Å². The van der Waals surface area contributed by atoms with E-state index in [0.717, 1.165) is 13.1 Å². The van der Waals surface area contributed by atoms with Crippen LogP contribution in [0, 0.1) is 0 Å². The van der Waals surface area contributed by atoms with Crippen LogP contribution in [0.25, 0.3) is 0 Å². The molecule has 0 spiro atoms. The monoisotopic (exact) mass is 251 g/mol. The van der Waals surface area contributed by atoms with Gasteiger partial charge in [-0.1, -0.05) is 6.92 Å². The van der Waals surface area contributed by atoms with Gasteiger partial charge in [0.05, 0.1) is 18.4 Å². The number of rotatable bonds is 7. The Hall–Kier alpha value is -1.36. The molecular formula is C13H21N3O2. The second-order valence-corrected chi connectivity index (χ2v) is 5.03. The van der Waals surface area contributed by atoms with Gasteiger partial charge in [-0.3, -0.25) is 9.69 Å². The molecule has 0 radical (unpaired) electrons. The van der Waals surface area contributed by atoms with Gasteiger partial charge < -0.3 is 9.67 Å². The highest BCUT2D eigenvalue weighted by Crippen LogP contribution is 2.35. The molecule has 5 heteroatoms. The third-order valence-corrected chi connectivity index (χ3v) is 3.55. The van der Waals surface area contributed by atoms with Crippen LogP contribution in [-0.2, 0) is 11.3 Å². The average molecular weight is 251 g/mol. The number of carboxylic acids is 1. The molecule has 0 aliphatic heterocycles. The summed E-state index contributed by atoms with van der Waals surface area (Å²) in [5.41, 5.74) is 1.19. The van der Waals surface area contributed by atoms with Crippen LogP contribution in [0.4, 0.5) is 0 Å². The molecule has 1 aromatic rings. The molecule has 1 N–H and O–H groups in total. The fourth-order valence-electron chi connectivity index (χ4n) is 2.31. The maximum Gasteiger partial charge on any atom is 0.304 e. The molecule has 2 rings (SSSR count). The minimum absolute atomic E-state index is 0.0510. The van der Waals surface area contributed by atoms with E-state index in [4.69, 9.17) is 5.11 Å². The minimum atomic E-state index is -0.739. The molecule has 1 unspecified atom stereocenters. The van der Waals surface area contributed by atoms with Crippen molar-refractivity contribution in [3.63, 3.8) is 0 Å². The van der Waals surface area contributed by atoms with Crippen molar-refractivity contribution in [1.29, 1.82) is 0 Å². The van der Waals surface area contributed by atoms with Crippen LogP contribution in [0.15, 0.2) is 12.5 Å². The van der Waals surface area contributed by atoms with Crippen LogP contribution < -0.4 is 0 Å². The molecule has 0 bridgehead atoms. The van der Waals surface area contributed by atoms with Gasteiger partial charge in [-0.25, -0.2) is 4.98 Å². The standard InChI is InChI=1S/C13H21N3O2/c1-3-15(10(2)6-13(17)18)8-12-7-14-9-16(12)11-4-5-11/h7,9-11H,3-6,8H2,1-2H3,(H,17,18). The average Bonchev–Trinajstić information content (AvgIpc) is 3.05. The molecular weight excluding hydrogens is 230 g/mol. The molecule has 1 aromatic heterocycles. The Morgan fingerprint density at radius 1 is 1.67 bits per heavy atom. The third-order valence-electron chi connectivity index (χ3n) is 3.55. The smallest absolute Gasteiger partial charge is 0.304 e. The summed E-state index contributed by atoms with van der Waals surface area (Å²) < 4.78 is 2.23. The summed E-state index contributed by atoms with van der Waals surface area (Å²) in [4.78, 5) is 17.2. The Bertz CT molecular complexity index is 412. The Morgan fingerprint density at radius 3 is 2.94 bits per heavy atom. The molecule has 1 atom stereocenters. The summed E-state index contributed by atoms with van der Waals surface area (Å²) in [6.45, 7) is 5.66. The molecule has 1 aliphatic rings. The molecule has 1 aliphatic carbocycles. The molecule has 1 saturated carbocycles. The van der Waals surface area contributed by atoms with Crippen LogP contribution in [-0.4, -0.2) is 38.1 Å². The molecule has 0 saturated heterocycles. The number of hydrogen-bond acceptors (Lipinski definition) is 3. The molecule has 18 heavy (non-hydrogen) atoms. The van der Waals surface area contributed by atoms with E-state index in [1.54, 1.807) is 0 Å². The number of carboxylic acid groups (broad SMARTS) is 1. The van der Waals surface area contributed by atoms with Gasteiger partial charge in [0, 0.05) is 24.8 Å². The van der Waals surface area contributed by atoms with Crippen molar-refractivity contribution in [3.05, 3.63) is 18.2 Å². The quantitative estimate of drug-likeness (QED) is 0.804. The Morgan fingerprint density at radius 2 is 2.39 bits per heavy atom. The summed E-state index contributed by atoms with van der Waals surface area (Å²) in [6.07, 6.45) is 6.45. The Balaban J connectivity index is 2.00. The van der Waals surface area contributed by atoms with Gasteiger partial charge >= 0.3 is 5.97 Å². The summed E-state index contributed by atoms with van der Waals surface area (Å²) in [5.74, 6) is -0.739. The first-order valence-electron chi connectivity index (χ1n) is 6.58. The fraction of sp³-hybridized carbons (Fsp3) is 0.692. The number of nitrogens with zero attached hydrogens (tertiary/aromatic N) is 3. The molecule has 0 amide bonds. The topological polar surface area (TPSA) is 58.4 Å². The second kappa shape index (κ2) is 5.52. The van der Waals surface area contributed by atoms with E-state index in [1.807, 2.05) is 19.4 Å². The van der Waals surface area contributed by atoms with Crippen molar-refractivity contribution >= 4 is 5.97 Å². The number of aliphatic carboxylic acids is 1. The molecule has 5 nitrogen and oxygen atoms in total. The zero-order valence-corrected chi connectivity index (χ0v) is 11.0. The second-order valence-electron chi connectivity index (χ2n) is 5.03. The lowest BCUT2D eigenvalue weighted by atomic mass is 10.2. The number of aromatic nitrogens is 2. The van der Waals surface area contributed by atoms with Gasteiger partial charge in [0.2, 0.25) is 0 Å². The highest BCUT2D eigenvalue weighted by molar-refractivity contribution is 5.67. The first kappa shape index (κ1) is 13.1. The normalized spacial score (nSPS) is 17.1. The van der Waals surface area contributed by atoms with Crippen molar-refractivity contribution in [3.8, 4) is 0 Å². The van der Waals surface area contributed by atoms with E-state index in [1.165, 1.54) is 18.5 Å². The predicted octanol–water partition coefficient (Wildman–Crippen LogP) is 1.90. The van der Waals surface area contributed by atoms with Gasteiger partial charge in [-0.05, 0) is 26.3 Å². The lowest BCUT2D eigenvalue weighted by molar-refractivity contribution is -0.138. The zero-order chi connectivity index (χ0) is 13.1.